The molecule has 3 aliphatic heterocycles. The van der Waals surface area contributed by atoms with Gasteiger partial charge in [-0.1, -0.05) is 5.92 Å². The molecule has 0 N–H and O–H groups in total. The third-order valence-corrected chi connectivity index (χ3v) is 2.89. The van der Waals surface area contributed by atoms with E-state index in [4.69, 9.17) is 30.1 Å². The summed E-state index contributed by atoms with van der Waals surface area (Å²) >= 11 is 0. The van der Waals surface area contributed by atoms with E-state index in [9.17, 15) is 0 Å². The Kier molecular flexibility index (Phi) is 4.02. The van der Waals surface area contributed by atoms with E-state index in [0.29, 0.717) is 46.2 Å². The van der Waals surface area contributed by atoms with Gasteiger partial charge in [0.15, 0.2) is 0 Å². The van der Waals surface area contributed by atoms with Crippen molar-refractivity contribution in [2.45, 2.75) is 12.9 Å². The van der Waals surface area contributed by atoms with E-state index in [0.717, 1.165) is 0 Å². The summed E-state index contributed by atoms with van der Waals surface area (Å²) in [6.07, 6.45) is 5.06. The largest absolute Gasteiger partial charge is 0.378 e. The molecule has 0 saturated carbocycles. The highest BCUT2D eigenvalue weighted by molar-refractivity contribution is 4.87. The van der Waals surface area contributed by atoms with Crippen LogP contribution in [0.15, 0.2) is 0 Å². The third-order valence-electron chi connectivity index (χ3n) is 2.89. The third kappa shape index (κ3) is 3.18. The molecule has 3 heterocycles. The van der Waals surface area contributed by atoms with E-state index in [1.54, 1.807) is 6.92 Å². The number of ether oxygens (including phenoxy) is 5. The molecule has 3 saturated heterocycles. The van der Waals surface area contributed by atoms with E-state index in [2.05, 4.69) is 5.92 Å². The van der Waals surface area contributed by atoms with Crippen molar-refractivity contribution in [2.75, 3.05) is 46.2 Å². The summed E-state index contributed by atoms with van der Waals surface area (Å²) in [4.78, 5) is 0. The van der Waals surface area contributed by atoms with Crippen LogP contribution in [0.25, 0.3) is 0 Å². The first-order chi connectivity index (χ1) is 8.18. The topological polar surface area (TPSA) is 46.2 Å². The lowest BCUT2D eigenvalue weighted by atomic mass is 9.90. The van der Waals surface area contributed by atoms with Crippen LogP contribution in [0.1, 0.15) is 6.92 Å². The number of hydrogen-bond donors (Lipinski definition) is 0. The Balaban J connectivity index is 1.64. The molecule has 0 aliphatic carbocycles. The average Bonchev–Trinajstić information content (AvgIpc) is 2.36. The minimum Gasteiger partial charge on any atom is -0.378 e. The number of rotatable bonds is 6. The lowest BCUT2D eigenvalue weighted by Crippen LogP contribution is -2.60. The fraction of sp³-hybridized carbons (Fsp3) is 0.833. The standard InChI is InChI=1S/C12H18O5/c1-3-4-13-5-6-14-7-12-8-15-11(2,16-9-12)17-10-12/h1H,4-10H2,2H3. The molecular weight excluding hydrogens is 224 g/mol. The van der Waals surface area contributed by atoms with Gasteiger partial charge in [-0.3, -0.25) is 0 Å². The molecule has 0 aromatic heterocycles. The summed E-state index contributed by atoms with van der Waals surface area (Å²) in [5.74, 6) is 1.55. The normalized spacial score (nSPS) is 35.8. The molecule has 17 heavy (non-hydrogen) atoms. The predicted molar refractivity (Wildman–Crippen MR) is 59.2 cm³/mol. The average molecular weight is 242 g/mol. The van der Waals surface area contributed by atoms with Crippen LogP contribution in [-0.2, 0) is 23.7 Å². The van der Waals surface area contributed by atoms with Crippen LogP contribution < -0.4 is 0 Å². The van der Waals surface area contributed by atoms with Crippen LogP contribution in [0.3, 0.4) is 0 Å². The lowest BCUT2D eigenvalue weighted by Gasteiger charge is -2.50. The van der Waals surface area contributed by atoms with Gasteiger partial charge in [-0.05, 0) is 0 Å². The molecular formula is C12H18O5. The number of hydrogen-bond acceptors (Lipinski definition) is 5. The van der Waals surface area contributed by atoms with Gasteiger partial charge < -0.3 is 23.7 Å². The molecule has 96 valence electrons. The first kappa shape index (κ1) is 12.8. The SMILES string of the molecule is C#CCOCCOCC12COC(C)(OC1)OC2. The highest BCUT2D eigenvalue weighted by atomic mass is 16.9. The van der Waals surface area contributed by atoms with E-state index in [-0.39, 0.29) is 5.41 Å². The van der Waals surface area contributed by atoms with Gasteiger partial charge in [-0.2, -0.15) is 0 Å². The molecule has 2 bridgehead atoms. The molecule has 5 heteroatoms. The van der Waals surface area contributed by atoms with Gasteiger partial charge in [0.2, 0.25) is 0 Å². The minimum absolute atomic E-state index is 0.177. The van der Waals surface area contributed by atoms with Crippen molar-refractivity contribution in [3.8, 4) is 12.3 Å². The Morgan fingerprint density at radius 3 is 2.29 bits per heavy atom. The van der Waals surface area contributed by atoms with Gasteiger partial charge in [0.05, 0.1) is 45.1 Å². The minimum atomic E-state index is -0.850. The Hall–Kier alpha value is -0.640. The Bertz CT molecular complexity index is 271. The van der Waals surface area contributed by atoms with Crippen molar-refractivity contribution in [1.29, 1.82) is 0 Å². The van der Waals surface area contributed by atoms with Gasteiger partial charge in [-0.15, -0.1) is 6.42 Å². The summed E-state index contributed by atoms with van der Waals surface area (Å²) in [5, 5.41) is 0. The summed E-state index contributed by atoms with van der Waals surface area (Å²) < 4.78 is 27.1. The van der Waals surface area contributed by atoms with Crippen LogP contribution in [0, 0.1) is 17.8 Å². The lowest BCUT2D eigenvalue weighted by molar-refractivity contribution is -0.462. The predicted octanol–water partition coefficient (Wildman–Crippen LogP) is 0.390. The maximum Gasteiger partial charge on any atom is 0.279 e. The number of fused-ring (bicyclic) bond motifs is 3. The Labute approximate surface area is 101 Å². The summed E-state index contributed by atoms with van der Waals surface area (Å²) in [5.41, 5.74) is -0.177. The molecule has 0 aromatic carbocycles. The van der Waals surface area contributed by atoms with Crippen molar-refractivity contribution in [3.63, 3.8) is 0 Å². The van der Waals surface area contributed by atoms with Crippen LogP contribution in [0.2, 0.25) is 0 Å². The second-order valence-electron chi connectivity index (χ2n) is 4.54. The Morgan fingerprint density at radius 2 is 1.71 bits per heavy atom. The van der Waals surface area contributed by atoms with Crippen molar-refractivity contribution in [2.24, 2.45) is 5.41 Å². The molecule has 0 atom stereocenters. The molecule has 0 unspecified atom stereocenters. The first-order valence-electron chi connectivity index (χ1n) is 5.69. The highest BCUT2D eigenvalue weighted by Crippen LogP contribution is 2.37. The monoisotopic (exact) mass is 242 g/mol. The zero-order valence-corrected chi connectivity index (χ0v) is 10.1. The molecule has 0 radical (unpaired) electrons. The molecule has 0 spiro atoms. The van der Waals surface area contributed by atoms with E-state index in [1.807, 2.05) is 0 Å². The smallest absolute Gasteiger partial charge is 0.279 e. The molecule has 0 amide bonds. The van der Waals surface area contributed by atoms with Crippen molar-refractivity contribution in [1.82, 2.24) is 0 Å². The van der Waals surface area contributed by atoms with Gasteiger partial charge in [0.1, 0.15) is 6.61 Å². The second-order valence-corrected chi connectivity index (χ2v) is 4.54. The van der Waals surface area contributed by atoms with Crippen LogP contribution in [0.5, 0.6) is 0 Å². The number of terminal acetylenes is 1. The maximum absolute atomic E-state index is 5.54. The van der Waals surface area contributed by atoms with Gasteiger partial charge in [0.25, 0.3) is 5.97 Å². The van der Waals surface area contributed by atoms with E-state index >= 15 is 0 Å². The first-order valence-corrected chi connectivity index (χ1v) is 5.69. The van der Waals surface area contributed by atoms with Gasteiger partial charge >= 0.3 is 0 Å². The summed E-state index contributed by atoms with van der Waals surface area (Å²) in [6.45, 7) is 5.48. The van der Waals surface area contributed by atoms with Crippen molar-refractivity contribution < 1.29 is 23.7 Å². The zero-order valence-electron chi connectivity index (χ0n) is 10.1. The van der Waals surface area contributed by atoms with Crippen molar-refractivity contribution in [3.05, 3.63) is 0 Å². The van der Waals surface area contributed by atoms with E-state index in [1.165, 1.54) is 0 Å². The van der Waals surface area contributed by atoms with Crippen LogP contribution >= 0.6 is 0 Å². The Morgan fingerprint density at radius 1 is 1.12 bits per heavy atom. The molecule has 0 aromatic rings. The molecule has 5 nitrogen and oxygen atoms in total. The van der Waals surface area contributed by atoms with Crippen LogP contribution in [0.4, 0.5) is 0 Å². The maximum atomic E-state index is 5.54. The van der Waals surface area contributed by atoms with Crippen molar-refractivity contribution >= 4 is 0 Å². The summed E-state index contributed by atoms with van der Waals surface area (Å²) in [7, 11) is 0. The fourth-order valence-electron chi connectivity index (χ4n) is 1.77. The molecule has 3 fully saturated rings. The van der Waals surface area contributed by atoms with Gasteiger partial charge in [0, 0.05) is 6.92 Å². The molecule has 3 aliphatic rings. The zero-order chi connectivity index (χ0) is 12.2. The van der Waals surface area contributed by atoms with Crippen LogP contribution in [-0.4, -0.2) is 52.2 Å². The fourth-order valence-corrected chi connectivity index (χ4v) is 1.77. The summed E-state index contributed by atoms with van der Waals surface area (Å²) in [6, 6.07) is 0. The quantitative estimate of drug-likeness (QED) is 0.498. The van der Waals surface area contributed by atoms with Gasteiger partial charge in [-0.25, -0.2) is 0 Å². The van der Waals surface area contributed by atoms with E-state index < -0.39 is 5.97 Å². The second kappa shape index (κ2) is 5.34. The highest BCUT2D eigenvalue weighted by Gasteiger charge is 2.50. The molecule has 3 rings (SSSR count).